The van der Waals surface area contributed by atoms with Gasteiger partial charge in [-0.3, -0.25) is 9.59 Å². The maximum absolute atomic E-state index is 13.1. The van der Waals surface area contributed by atoms with E-state index in [1.807, 2.05) is 53.1 Å². The van der Waals surface area contributed by atoms with Crippen LogP contribution in [0.1, 0.15) is 43.1 Å². The van der Waals surface area contributed by atoms with Crippen LogP contribution in [0.25, 0.3) is 10.9 Å². The van der Waals surface area contributed by atoms with Crippen LogP contribution in [0, 0.1) is 5.92 Å². The standard InChI is InChI=1S/C23H29N3O3/c1-2-29-15-5-13-26-21-12-14-25(16-18(21)9-11-22(26)27)23(28)20-10-8-17-6-3-4-7-19(17)24-20/h3-4,6-8,10,18,21H,2,5,9,11-16H2,1H3/t18-,21+/m1/s1. The van der Waals surface area contributed by atoms with Gasteiger partial charge in [-0.05, 0) is 44.2 Å². The topological polar surface area (TPSA) is 62.7 Å². The molecule has 2 saturated heterocycles. The van der Waals surface area contributed by atoms with E-state index in [1.54, 1.807) is 0 Å². The van der Waals surface area contributed by atoms with Crippen LogP contribution in [0.15, 0.2) is 36.4 Å². The molecule has 2 fully saturated rings. The first-order valence-corrected chi connectivity index (χ1v) is 10.7. The maximum Gasteiger partial charge on any atom is 0.272 e. The molecule has 2 aliphatic rings. The van der Waals surface area contributed by atoms with Crippen LogP contribution in [-0.2, 0) is 9.53 Å². The minimum absolute atomic E-state index is 0.00556. The number of aromatic nitrogens is 1. The van der Waals surface area contributed by atoms with Crippen molar-refractivity contribution in [1.29, 1.82) is 0 Å². The Bertz CT molecular complexity index is 885. The van der Waals surface area contributed by atoms with Gasteiger partial charge in [0.25, 0.3) is 5.91 Å². The molecule has 6 heteroatoms. The fraction of sp³-hybridized carbons (Fsp3) is 0.522. The number of carbonyl (C=O) groups excluding carboxylic acids is 2. The second-order valence-corrected chi connectivity index (χ2v) is 7.93. The number of nitrogens with zero attached hydrogens (tertiary/aromatic N) is 3. The Labute approximate surface area is 171 Å². The highest BCUT2D eigenvalue weighted by molar-refractivity contribution is 5.95. The van der Waals surface area contributed by atoms with Gasteiger partial charge < -0.3 is 14.5 Å². The van der Waals surface area contributed by atoms with Gasteiger partial charge in [0.2, 0.25) is 5.91 Å². The van der Waals surface area contributed by atoms with Gasteiger partial charge in [-0.25, -0.2) is 4.98 Å². The summed E-state index contributed by atoms with van der Waals surface area (Å²) in [7, 11) is 0. The average Bonchev–Trinajstić information content (AvgIpc) is 2.76. The van der Waals surface area contributed by atoms with E-state index in [0.717, 1.165) is 36.7 Å². The lowest BCUT2D eigenvalue weighted by Crippen LogP contribution is -2.57. The van der Waals surface area contributed by atoms with E-state index in [-0.39, 0.29) is 17.9 Å². The largest absolute Gasteiger partial charge is 0.382 e. The number of hydrogen-bond donors (Lipinski definition) is 0. The first-order valence-electron chi connectivity index (χ1n) is 10.7. The Balaban J connectivity index is 1.42. The smallest absolute Gasteiger partial charge is 0.272 e. The molecule has 0 N–H and O–H groups in total. The number of fused-ring (bicyclic) bond motifs is 2. The fourth-order valence-electron chi connectivity index (χ4n) is 4.65. The lowest BCUT2D eigenvalue weighted by atomic mass is 9.83. The molecule has 6 nitrogen and oxygen atoms in total. The molecule has 2 amide bonds. The Morgan fingerprint density at radius 1 is 1.21 bits per heavy atom. The molecule has 29 heavy (non-hydrogen) atoms. The molecule has 2 atom stereocenters. The van der Waals surface area contributed by atoms with Crippen molar-refractivity contribution in [3.05, 3.63) is 42.1 Å². The van der Waals surface area contributed by atoms with Crippen LogP contribution in [0.5, 0.6) is 0 Å². The van der Waals surface area contributed by atoms with Crippen LogP contribution in [0.3, 0.4) is 0 Å². The summed E-state index contributed by atoms with van der Waals surface area (Å²) >= 11 is 0. The number of piperidine rings is 2. The molecular weight excluding hydrogens is 366 g/mol. The van der Waals surface area contributed by atoms with E-state index >= 15 is 0 Å². The summed E-state index contributed by atoms with van der Waals surface area (Å²) in [5.74, 6) is 0.589. The highest BCUT2D eigenvalue weighted by Gasteiger charge is 2.40. The zero-order valence-electron chi connectivity index (χ0n) is 17.0. The minimum atomic E-state index is -0.00556. The Hall–Kier alpha value is -2.47. The summed E-state index contributed by atoms with van der Waals surface area (Å²) in [6.45, 7) is 5.51. The first-order chi connectivity index (χ1) is 14.2. The maximum atomic E-state index is 13.1. The summed E-state index contributed by atoms with van der Waals surface area (Å²) in [4.78, 5) is 34.1. The third-order valence-electron chi connectivity index (χ3n) is 6.14. The molecule has 3 heterocycles. The second-order valence-electron chi connectivity index (χ2n) is 7.93. The van der Waals surface area contributed by atoms with Crippen LogP contribution in [-0.4, -0.2) is 65.5 Å². The molecule has 2 aliphatic heterocycles. The van der Waals surface area contributed by atoms with Gasteiger partial charge in [0.1, 0.15) is 5.69 Å². The van der Waals surface area contributed by atoms with Gasteiger partial charge in [0.15, 0.2) is 0 Å². The molecule has 2 aromatic rings. The summed E-state index contributed by atoms with van der Waals surface area (Å²) in [5, 5.41) is 1.04. The summed E-state index contributed by atoms with van der Waals surface area (Å²) in [5.41, 5.74) is 1.35. The second kappa shape index (κ2) is 8.91. The van der Waals surface area contributed by atoms with E-state index in [2.05, 4.69) is 4.98 Å². The van der Waals surface area contributed by atoms with Crippen molar-refractivity contribution in [3.8, 4) is 0 Å². The van der Waals surface area contributed by atoms with E-state index in [4.69, 9.17) is 4.74 Å². The van der Waals surface area contributed by atoms with Gasteiger partial charge in [0.05, 0.1) is 5.52 Å². The van der Waals surface area contributed by atoms with Crippen molar-refractivity contribution in [3.63, 3.8) is 0 Å². The lowest BCUT2D eigenvalue weighted by Gasteiger charge is -2.47. The summed E-state index contributed by atoms with van der Waals surface area (Å²) in [6, 6.07) is 11.9. The molecule has 4 rings (SSSR count). The number of amides is 2. The minimum Gasteiger partial charge on any atom is -0.382 e. The number of pyridine rings is 1. The average molecular weight is 396 g/mol. The van der Waals surface area contributed by atoms with Crippen LogP contribution >= 0.6 is 0 Å². The van der Waals surface area contributed by atoms with Crippen LogP contribution in [0.4, 0.5) is 0 Å². The summed E-state index contributed by atoms with van der Waals surface area (Å²) in [6.07, 6.45) is 3.14. The number of benzene rings is 1. The third kappa shape index (κ3) is 4.27. The zero-order valence-corrected chi connectivity index (χ0v) is 17.0. The number of likely N-dealkylation sites (tertiary alicyclic amines) is 2. The van der Waals surface area contributed by atoms with Crippen molar-refractivity contribution in [2.75, 3.05) is 32.8 Å². The van der Waals surface area contributed by atoms with Crippen molar-refractivity contribution in [2.24, 2.45) is 5.92 Å². The highest BCUT2D eigenvalue weighted by atomic mass is 16.5. The third-order valence-corrected chi connectivity index (χ3v) is 6.14. The van der Waals surface area contributed by atoms with Gasteiger partial charge in [0, 0.05) is 50.7 Å². The van der Waals surface area contributed by atoms with Crippen molar-refractivity contribution in [1.82, 2.24) is 14.8 Å². The molecule has 0 saturated carbocycles. The van der Waals surface area contributed by atoms with Gasteiger partial charge in [-0.1, -0.05) is 24.3 Å². The molecule has 0 spiro atoms. The van der Waals surface area contributed by atoms with E-state index in [1.165, 1.54) is 0 Å². The normalized spacial score (nSPS) is 22.0. The molecule has 0 bridgehead atoms. The SMILES string of the molecule is CCOCCCN1C(=O)CC[C@@H]2CN(C(=O)c3ccc4ccccc4n3)CC[C@@H]21. The van der Waals surface area contributed by atoms with Crippen molar-refractivity contribution >= 4 is 22.7 Å². The fourth-order valence-corrected chi connectivity index (χ4v) is 4.65. The van der Waals surface area contributed by atoms with Crippen LogP contribution in [0.2, 0.25) is 0 Å². The first kappa shape index (κ1) is 19.8. The number of carbonyl (C=O) groups is 2. The predicted octanol–water partition coefficient (Wildman–Crippen LogP) is 3.11. The molecule has 0 aliphatic carbocycles. The molecule has 154 valence electrons. The number of rotatable bonds is 6. The molecule has 0 unspecified atom stereocenters. The number of hydrogen-bond acceptors (Lipinski definition) is 4. The van der Waals surface area contributed by atoms with Crippen LogP contribution < -0.4 is 0 Å². The van der Waals surface area contributed by atoms with Gasteiger partial charge >= 0.3 is 0 Å². The van der Waals surface area contributed by atoms with Gasteiger partial charge in [-0.2, -0.15) is 0 Å². The summed E-state index contributed by atoms with van der Waals surface area (Å²) < 4.78 is 5.43. The Kier molecular flexibility index (Phi) is 6.09. The quantitative estimate of drug-likeness (QED) is 0.705. The van der Waals surface area contributed by atoms with Crippen molar-refractivity contribution in [2.45, 2.75) is 38.6 Å². The molecular formula is C23H29N3O3. The molecule has 1 aromatic carbocycles. The Morgan fingerprint density at radius 3 is 2.93 bits per heavy atom. The predicted molar refractivity (Wildman–Crippen MR) is 112 cm³/mol. The van der Waals surface area contributed by atoms with E-state index < -0.39 is 0 Å². The van der Waals surface area contributed by atoms with Crippen molar-refractivity contribution < 1.29 is 14.3 Å². The Morgan fingerprint density at radius 2 is 2.07 bits per heavy atom. The highest BCUT2D eigenvalue weighted by Crippen LogP contribution is 2.32. The monoisotopic (exact) mass is 395 g/mol. The van der Waals surface area contributed by atoms with E-state index in [0.29, 0.717) is 44.3 Å². The van der Waals surface area contributed by atoms with E-state index in [9.17, 15) is 9.59 Å². The lowest BCUT2D eigenvalue weighted by molar-refractivity contribution is -0.140. The zero-order chi connectivity index (χ0) is 20.2. The number of ether oxygens (including phenoxy) is 1. The van der Waals surface area contributed by atoms with Gasteiger partial charge in [-0.15, -0.1) is 0 Å². The molecule has 0 radical (unpaired) electrons. The molecule has 1 aromatic heterocycles. The number of para-hydroxylation sites is 1.